The fourth-order valence-corrected chi connectivity index (χ4v) is 1.42. The SMILES string of the molecule is CCCC(=O)OCCCCS(=O)(=O)O.[Mg]. The first-order valence-electron chi connectivity index (χ1n) is 4.56. The van der Waals surface area contributed by atoms with Gasteiger partial charge in [0, 0.05) is 29.5 Å². The molecule has 0 aliphatic carbocycles. The van der Waals surface area contributed by atoms with Crippen LogP contribution in [-0.4, -0.2) is 54.4 Å². The Kier molecular flexibility index (Phi) is 11.0. The van der Waals surface area contributed by atoms with Gasteiger partial charge in [0.1, 0.15) is 0 Å². The van der Waals surface area contributed by atoms with Gasteiger partial charge < -0.3 is 4.74 Å². The molecular weight excluding hydrogens is 232 g/mol. The van der Waals surface area contributed by atoms with Crippen molar-refractivity contribution in [3.05, 3.63) is 0 Å². The molecule has 0 saturated carbocycles. The van der Waals surface area contributed by atoms with Crippen LogP contribution >= 0.6 is 0 Å². The zero-order valence-electron chi connectivity index (χ0n) is 8.94. The third kappa shape index (κ3) is 14.1. The second-order valence-electron chi connectivity index (χ2n) is 2.96. The second-order valence-corrected chi connectivity index (χ2v) is 4.54. The van der Waals surface area contributed by atoms with Crippen molar-refractivity contribution in [1.29, 1.82) is 0 Å². The van der Waals surface area contributed by atoms with Gasteiger partial charge in [0.25, 0.3) is 10.1 Å². The average molecular weight is 249 g/mol. The first-order valence-corrected chi connectivity index (χ1v) is 6.17. The summed E-state index contributed by atoms with van der Waals surface area (Å²) in [7, 11) is -3.88. The molecule has 7 heteroatoms. The number of esters is 1. The molecular formula is C8H16MgO5S. The average Bonchev–Trinajstić information content (AvgIpc) is 2.02. The number of carbonyl (C=O) groups excluding carboxylic acids is 1. The summed E-state index contributed by atoms with van der Waals surface area (Å²) in [5.41, 5.74) is 0. The normalized spacial score (nSPS) is 10.5. The van der Waals surface area contributed by atoms with Crippen molar-refractivity contribution in [3.8, 4) is 0 Å². The fourth-order valence-electron chi connectivity index (χ4n) is 0.849. The van der Waals surface area contributed by atoms with E-state index in [1.807, 2.05) is 6.92 Å². The number of carbonyl (C=O) groups is 1. The molecule has 0 unspecified atom stereocenters. The Labute approximate surface area is 106 Å². The molecule has 0 aromatic carbocycles. The van der Waals surface area contributed by atoms with Crippen molar-refractivity contribution in [3.63, 3.8) is 0 Å². The summed E-state index contributed by atoms with van der Waals surface area (Å²) in [6.07, 6.45) is 1.88. The zero-order valence-corrected chi connectivity index (χ0v) is 11.2. The molecule has 0 saturated heterocycles. The van der Waals surface area contributed by atoms with Crippen LogP contribution < -0.4 is 0 Å². The first kappa shape index (κ1) is 17.5. The summed E-state index contributed by atoms with van der Waals surface area (Å²) >= 11 is 0. The van der Waals surface area contributed by atoms with Gasteiger partial charge in [0.15, 0.2) is 0 Å². The zero-order chi connectivity index (χ0) is 11.0. The van der Waals surface area contributed by atoms with Crippen molar-refractivity contribution in [2.45, 2.75) is 32.6 Å². The van der Waals surface area contributed by atoms with Crippen molar-refractivity contribution in [2.75, 3.05) is 12.4 Å². The van der Waals surface area contributed by atoms with Gasteiger partial charge in [-0.25, -0.2) is 0 Å². The minimum atomic E-state index is -3.88. The van der Waals surface area contributed by atoms with Crippen LogP contribution in [0.15, 0.2) is 0 Å². The van der Waals surface area contributed by atoms with Crippen molar-refractivity contribution < 1.29 is 22.5 Å². The lowest BCUT2D eigenvalue weighted by Gasteiger charge is -2.02. The highest BCUT2D eigenvalue weighted by molar-refractivity contribution is 7.85. The molecule has 0 fully saturated rings. The fraction of sp³-hybridized carbons (Fsp3) is 0.875. The van der Waals surface area contributed by atoms with E-state index in [9.17, 15) is 13.2 Å². The Morgan fingerprint density at radius 1 is 1.33 bits per heavy atom. The highest BCUT2D eigenvalue weighted by Crippen LogP contribution is 1.97. The van der Waals surface area contributed by atoms with Gasteiger partial charge in [0.2, 0.25) is 0 Å². The molecule has 0 aliphatic rings. The molecule has 15 heavy (non-hydrogen) atoms. The van der Waals surface area contributed by atoms with Crippen LogP contribution in [0.3, 0.4) is 0 Å². The van der Waals surface area contributed by atoms with Crippen LogP contribution in [0, 0.1) is 0 Å². The summed E-state index contributed by atoms with van der Waals surface area (Å²) in [6.45, 7) is 2.09. The maximum atomic E-state index is 10.8. The number of unbranched alkanes of at least 4 members (excludes halogenated alkanes) is 1. The quantitative estimate of drug-likeness (QED) is 0.309. The molecule has 0 spiro atoms. The highest BCUT2D eigenvalue weighted by atomic mass is 32.2. The summed E-state index contributed by atoms with van der Waals surface area (Å²) in [6, 6.07) is 0. The van der Waals surface area contributed by atoms with Crippen molar-refractivity contribution in [1.82, 2.24) is 0 Å². The van der Waals surface area contributed by atoms with E-state index in [0.29, 0.717) is 19.3 Å². The molecule has 0 aliphatic heterocycles. The van der Waals surface area contributed by atoms with E-state index in [-0.39, 0.29) is 41.4 Å². The van der Waals surface area contributed by atoms with Crippen LogP contribution in [0.2, 0.25) is 0 Å². The lowest BCUT2D eigenvalue weighted by molar-refractivity contribution is -0.143. The van der Waals surface area contributed by atoms with E-state index >= 15 is 0 Å². The second kappa shape index (κ2) is 9.38. The van der Waals surface area contributed by atoms with Gasteiger partial charge in [-0.05, 0) is 19.3 Å². The van der Waals surface area contributed by atoms with Gasteiger partial charge in [-0.2, -0.15) is 8.42 Å². The Morgan fingerprint density at radius 2 is 1.93 bits per heavy atom. The predicted octanol–water partition coefficient (Wildman–Crippen LogP) is 0.617. The van der Waals surface area contributed by atoms with Crippen LogP contribution in [0.1, 0.15) is 32.6 Å². The van der Waals surface area contributed by atoms with E-state index in [1.54, 1.807) is 0 Å². The summed E-state index contributed by atoms with van der Waals surface area (Å²) in [4.78, 5) is 10.8. The maximum absolute atomic E-state index is 10.8. The summed E-state index contributed by atoms with van der Waals surface area (Å²) in [5, 5.41) is 0. The third-order valence-electron chi connectivity index (χ3n) is 1.51. The van der Waals surface area contributed by atoms with Crippen LogP contribution in [0.5, 0.6) is 0 Å². The van der Waals surface area contributed by atoms with Gasteiger partial charge in [-0.3, -0.25) is 9.35 Å². The van der Waals surface area contributed by atoms with Crippen molar-refractivity contribution in [2.24, 2.45) is 0 Å². The Balaban J connectivity index is 0. The minimum absolute atomic E-state index is 0. The number of ether oxygens (including phenoxy) is 1. The minimum Gasteiger partial charge on any atom is -0.466 e. The molecule has 2 radical (unpaired) electrons. The van der Waals surface area contributed by atoms with Gasteiger partial charge in [-0.15, -0.1) is 0 Å². The lowest BCUT2D eigenvalue weighted by atomic mass is 10.3. The molecule has 0 atom stereocenters. The van der Waals surface area contributed by atoms with E-state index in [4.69, 9.17) is 9.29 Å². The lowest BCUT2D eigenvalue weighted by Crippen LogP contribution is -2.08. The van der Waals surface area contributed by atoms with Gasteiger partial charge in [0.05, 0.1) is 12.4 Å². The predicted molar refractivity (Wildman–Crippen MR) is 57.3 cm³/mol. The molecule has 5 nitrogen and oxygen atoms in total. The smallest absolute Gasteiger partial charge is 0.305 e. The van der Waals surface area contributed by atoms with Crippen LogP contribution in [0.25, 0.3) is 0 Å². The van der Waals surface area contributed by atoms with E-state index in [1.165, 1.54) is 0 Å². The monoisotopic (exact) mass is 248 g/mol. The van der Waals surface area contributed by atoms with Crippen LogP contribution in [-0.2, 0) is 19.6 Å². The number of rotatable bonds is 7. The Bertz CT molecular complexity index is 262. The summed E-state index contributed by atoms with van der Waals surface area (Å²) < 4.78 is 33.7. The third-order valence-corrected chi connectivity index (χ3v) is 2.32. The van der Waals surface area contributed by atoms with Crippen molar-refractivity contribution >= 4 is 39.1 Å². The summed E-state index contributed by atoms with van der Waals surface area (Å²) in [5.74, 6) is -0.544. The largest absolute Gasteiger partial charge is 0.466 e. The van der Waals surface area contributed by atoms with Gasteiger partial charge >= 0.3 is 5.97 Å². The molecule has 1 N–H and O–H groups in total. The molecule has 86 valence electrons. The van der Waals surface area contributed by atoms with E-state index < -0.39 is 10.1 Å². The van der Waals surface area contributed by atoms with E-state index in [2.05, 4.69) is 0 Å². The molecule has 0 heterocycles. The first-order chi connectivity index (χ1) is 6.45. The van der Waals surface area contributed by atoms with E-state index in [0.717, 1.165) is 6.42 Å². The Hall–Kier alpha value is 0.146. The number of hydrogen-bond donors (Lipinski definition) is 1. The molecule has 0 bridgehead atoms. The molecule has 0 amide bonds. The molecule has 0 rings (SSSR count). The maximum Gasteiger partial charge on any atom is 0.305 e. The standard InChI is InChI=1S/C8H16O5S.Mg/c1-2-5-8(9)13-6-3-4-7-14(10,11)12;/h2-7H2,1H3,(H,10,11,12);. The van der Waals surface area contributed by atoms with Crippen LogP contribution in [0.4, 0.5) is 0 Å². The molecule has 0 aromatic rings. The van der Waals surface area contributed by atoms with Gasteiger partial charge in [-0.1, -0.05) is 6.92 Å². The highest BCUT2D eigenvalue weighted by Gasteiger charge is 2.04. The topological polar surface area (TPSA) is 80.7 Å². The Morgan fingerprint density at radius 3 is 2.40 bits per heavy atom. The number of hydrogen-bond acceptors (Lipinski definition) is 4. The molecule has 0 aromatic heterocycles.